The van der Waals surface area contributed by atoms with Gasteiger partial charge in [-0.25, -0.2) is 0 Å². The van der Waals surface area contributed by atoms with Crippen LogP contribution in [0, 0.1) is 23.7 Å². The zero-order valence-corrected chi connectivity index (χ0v) is 19.8. The molecular weight excluding hydrogens is 410 g/mol. The van der Waals surface area contributed by atoms with Crippen LogP contribution in [0.4, 0.5) is 5.69 Å². The predicted octanol–water partition coefficient (Wildman–Crippen LogP) is 4.45. The van der Waals surface area contributed by atoms with Gasteiger partial charge in [-0.15, -0.1) is 0 Å². The SMILES string of the molecule is CN1[C@@H]2CC[C@H]1CC(CC(=O)c1cnc3c(c1NC1C4CC5CC1CC(O)(C5)C4)C=CC3)C2. The average Bonchev–Trinajstić information content (AvgIpc) is 3.30. The molecule has 4 saturated carbocycles. The fourth-order valence-electron chi connectivity index (χ4n) is 9.01. The highest BCUT2D eigenvalue weighted by Gasteiger charge is 2.55. The number of aliphatic hydroxyl groups is 1. The van der Waals surface area contributed by atoms with Crippen molar-refractivity contribution >= 4 is 17.5 Å². The fraction of sp³-hybridized carbons (Fsp3) is 0.714. The summed E-state index contributed by atoms with van der Waals surface area (Å²) >= 11 is 0. The van der Waals surface area contributed by atoms with E-state index in [1.165, 1.54) is 25.7 Å². The average molecular weight is 448 g/mol. The molecule has 3 heterocycles. The van der Waals surface area contributed by atoms with E-state index < -0.39 is 5.60 Å². The zero-order chi connectivity index (χ0) is 22.3. The monoisotopic (exact) mass is 447 g/mol. The highest BCUT2D eigenvalue weighted by molar-refractivity contribution is 6.03. The Morgan fingerprint density at radius 2 is 1.88 bits per heavy atom. The van der Waals surface area contributed by atoms with Crippen LogP contribution < -0.4 is 5.32 Å². The third kappa shape index (κ3) is 3.33. The van der Waals surface area contributed by atoms with Crippen molar-refractivity contribution in [1.29, 1.82) is 0 Å². The van der Waals surface area contributed by atoms with Gasteiger partial charge >= 0.3 is 0 Å². The van der Waals surface area contributed by atoms with Crippen LogP contribution in [0.2, 0.25) is 0 Å². The van der Waals surface area contributed by atoms with Crippen LogP contribution in [0.3, 0.4) is 0 Å². The van der Waals surface area contributed by atoms with E-state index in [0.29, 0.717) is 48.2 Å². The number of nitrogens with one attached hydrogen (secondary N) is 1. The van der Waals surface area contributed by atoms with Gasteiger partial charge in [0.05, 0.1) is 22.5 Å². The first-order valence-corrected chi connectivity index (χ1v) is 13.4. The molecule has 2 aliphatic heterocycles. The van der Waals surface area contributed by atoms with Gasteiger partial charge in [-0.05, 0) is 88.5 Å². The van der Waals surface area contributed by atoms with Crippen LogP contribution in [0.1, 0.15) is 85.8 Å². The largest absolute Gasteiger partial charge is 0.390 e. The molecule has 5 nitrogen and oxygen atoms in total. The molecule has 8 rings (SSSR count). The van der Waals surface area contributed by atoms with Crippen molar-refractivity contribution in [3.8, 4) is 0 Å². The van der Waals surface area contributed by atoms with Crippen molar-refractivity contribution in [3.05, 3.63) is 29.1 Å². The molecule has 5 aliphatic carbocycles. The fourth-order valence-corrected chi connectivity index (χ4v) is 9.01. The van der Waals surface area contributed by atoms with Gasteiger partial charge in [0.2, 0.25) is 0 Å². The lowest BCUT2D eigenvalue weighted by Gasteiger charge is -2.58. The van der Waals surface area contributed by atoms with E-state index in [0.717, 1.165) is 61.0 Å². The van der Waals surface area contributed by atoms with Crippen LogP contribution >= 0.6 is 0 Å². The number of pyridine rings is 1. The number of anilines is 1. The Morgan fingerprint density at radius 3 is 2.58 bits per heavy atom. The lowest BCUT2D eigenvalue weighted by molar-refractivity contribution is -0.129. The lowest BCUT2D eigenvalue weighted by Crippen LogP contribution is -2.59. The molecule has 7 aliphatic rings. The minimum atomic E-state index is -0.430. The van der Waals surface area contributed by atoms with E-state index >= 15 is 0 Å². The van der Waals surface area contributed by atoms with E-state index in [-0.39, 0.29) is 5.78 Å². The first-order chi connectivity index (χ1) is 16.0. The number of piperidine rings is 1. The number of hydrogen-bond donors (Lipinski definition) is 2. The number of rotatable bonds is 5. The van der Waals surface area contributed by atoms with E-state index in [1.54, 1.807) is 0 Å². The molecule has 0 aromatic carbocycles. The number of carbonyl (C=O) groups excluding carboxylic acids is 1. The lowest BCUT2D eigenvalue weighted by atomic mass is 9.52. The third-order valence-corrected chi connectivity index (χ3v) is 10.3. The van der Waals surface area contributed by atoms with Crippen molar-refractivity contribution in [2.45, 2.75) is 94.4 Å². The molecule has 1 aromatic heterocycles. The third-order valence-electron chi connectivity index (χ3n) is 10.3. The van der Waals surface area contributed by atoms with Crippen molar-refractivity contribution < 1.29 is 9.90 Å². The summed E-state index contributed by atoms with van der Waals surface area (Å²) in [6.07, 6.45) is 17.9. The number of Topliss-reactive ketones (excluding diaryl/α,β-unsaturated/α-hetero) is 1. The van der Waals surface area contributed by atoms with Gasteiger partial charge in [-0.2, -0.15) is 0 Å². The maximum atomic E-state index is 13.7. The maximum Gasteiger partial charge on any atom is 0.166 e. The van der Waals surface area contributed by atoms with Crippen LogP contribution in [-0.2, 0) is 6.42 Å². The predicted molar refractivity (Wildman–Crippen MR) is 129 cm³/mol. The Labute approximate surface area is 197 Å². The van der Waals surface area contributed by atoms with Gasteiger partial charge in [-0.1, -0.05) is 12.2 Å². The quantitative estimate of drug-likeness (QED) is 0.653. The summed E-state index contributed by atoms with van der Waals surface area (Å²) in [5.74, 6) is 2.49. The van der Waals surface area contributed by atoms with E-state index in [9.17, 15) is 9.90 Å². The molecule has 5 atom stereocenters. The number of nitrogens with zero attached hydrogens (tertiary/aromatic N) is 2. The number of carbonyl (C=O) groups is 1. The minimum Gasteiger partial charge on any atom is -0.390 e. The second-order valence-electron chi connectivity index (χ2n) is 12.4. The van der Waals surface area contributed by atoms with Gasteiger partial charge in [0.25, 0.3) is 0 Å². The second kappa shape index (κ2) is 7.39. The summed E-state index contributed by atoms with van der Waals surface area (Å²) in [6.45, 7) is 0. The van der Waals surface area contributed by atoms with E-state index in [1.807, 2.05) is 6.20 Å². The molecule has 0 radical (unpaired) electrons. The van der Waals surface area contributed by atoms with Crippen LogP contribution in [0.15, 0.2) is 12.3 Å². The van der Waals surface area contributed by atoms with Gasteiger partial charge in [-0.3, -0.25) is 9.78 Å². The topological polar surface area (TPSA) is 65.5 Å². The minimum absolute atomic E-state index is 0.268. The smallest absolute Gasteiger partial charge is 0.166 e. The van der Waals surface area contributed by atoms with Gasteiger partial charge < -0.3 is 15.3 Å². The molecule has 0 spiro atoms. The maximum absolute atomic E-state index is 13.7. The van der Waals surface area contributed by atoms with Crippen molar-refractivity contribution in [2.24, 2.45) is 23.7 Å². The van der Waals surface area contributed by atoms with Crippen molar-refractivity contribution in [1.82, 2.24) is 9.88 Å². The first kappa shape index (κ1) is 20.6. The Kier molecular flexibility index (Phi) is 4.62. The zero-order valence-electron chi connectivity index (χ0n) is 19.8. The van der Waals surface area contributed by atoms with E-state index in [4.69, 9.17) is 4.98 Å². The summed E-state index contributed by atoms with van der Waals surface area (Å²) < 4.78 is 0. The Hall–Kier alpha value is -1.72. The molecule has 176 valence electrons. The molecule has 2 saturated heterocycles. The molecule has 0 amide bonds. The number of hydrogen-bond acceptors (Lipinski definition) is 5. The number of allylic oxidation sites excluding steroid dienone is 1. The molecule has 6 fully saturated rings. The molecule has 5 heteroatoms. The van der Waals surface area contributed by atoms with Crippen molar-refractivity contribution in [3.63, 3.8) is 0 Å². The van der Waals surface area contributed by atoms with Crippen LogP contribution in [0.25, 0.3) is 6.08 Å². The number of aromatic nitrogens is 1. The molecule has 6 bridgehead atoms. The first-order valence-electron chi connectivity index (χ1n) is 13.4. The van der Waals surface area contributed by atoms with Crippen molar-refractivity contribution in [2.75, 3.05) is 12.4 Å². The standard InChI is InChI=1S/C28H37N3O2/c1-31-20-5-6-21(31)10-16(9-20)11-25(32)23-15-29-24-4-2-3-22(24)27(23)30-26-18-7-17-8-19(26)14-28(33,12-17)13-18/h2-3,15-21,26,33H,4-14H2,1H3,(H,29,30)/t16?,17?,18?,19?,20-,21+,26?,28?. The van der Waals surface area contributed by atoms with Crippen LogP contribution in [-0.4, -0.2) is 51.5 Å². The van der Waals surface area contributed by atoms with Crippen LogP contribution in [0.5, 0.6) is 0 Å². The number of ketones is 1. The normalized spacial score (nSPS) is 42.7. The second-order valence-corrected chi connectivity index (χ2v) is 12.4. The summed E-state index contributed by atoms with van der Waals surface area (Å²) in [6, 6.07) is 1.70. The van der Waals surface area contributed by atoms with Gasteiger partial charge in [0.1, 0.15) is 0 Å². The molecule has 3 unspecified atom stereocenters. The molecule has 1 aromatic rings. The molecular formula is C28H37N3O2. The summed E-state index contributed by atoms with van der Waals surface area (Å²) in [7, 11) is 2.26. The summed E-state index contributed by atoms with van der Waals surface area (Å²) in [5.41, 5.74) is 3.64. The Morgan fingerprint density at radius 1 is 1.15 bits per heavy atom. The number of fused-ring (bicyclic) bond motifs is 3. The Bertz CT molecular complexity index is 989. The molecule has 33 heavy (non-hydrogen) atoms. The van der Waals surface area contributed by atoms with Gasteiger partial charge in [0, 0.05) is 42.7 Å². The highest BCUT2D eigenvalue weighted by atomic mass is 16.3. The van der Waals surface area contributed by atoms with Gasteiger partial charge in [0.15, 0.2) is 5.78 Å². The summed E-state index contributed by atoms with van der Waals surface area (Å²) in [4.78, 5) is 21.0. The Balaban J connectivity index is 1.16. The molecule has 2 N–H and O–H groups in total. The summed E-state index contributed by atoms with van der Waals surface area (Å²) in [5, 5.41) is 15.0. The van der Waals surface area contributed by atoms with E-state index in [2.05, 4.69) is 29.4 Å². The highest BCUT2D eigenvalue weighted by Crippen LogP contribution is 2.56.